The Balaban J connectivity index is 2.32. The van der Waals surface area contributed by atoms with Gasteiger partial charge in [-0.1, -0.05) is 11.8 Å². The maximum absolute atomic E-state index is 13.1. The number of nitrogens with one attached hydrogen (secondary N) is 1. The summed E-state index contributed by atoms with van der Waals surface area (Å²) in [5.41, 5.74) is -1.62. The van der Waals surface area contributed by atoms with E-state index in [-0.39, 0.29) is 17.3 Å². The smallest absolute Gasteiger partial charge is 0.336 e. The summed E-state index contributed by atoms with van der Waals surface area (Å²) in [6.07, 6.45) is -4.70. The molecule has 1 fully saturated rings. The van der Waals surface area contributed by atoms with Crippen LogP contribution in [0, 0.1) is 18.3 Å². The molecule has 10 heteroatoms. The van der Waals surface area contributed by atoms with Gasteiger partial charge in [0.25, 0.3) is 0 Å². The number of carbonyl (C=O) groups excluding carboxylic acids is 2. The number of aryl methyl sites for hydroxylation is 1. The summed E-state index contributed by atoms with van der Waals surface area (Å²) < 4.78 is 39.2. The summed E-state index contributed by atoms with van der Waals surface area (Å²) in [6, 6.07) is 1.77. The van der Waals surface area contributed by atoms with E-state index in [2.05, 4.69) is 10.3 Å². The minimum atomic E-state index is -4.70. The number of nitriles is 1. The van der Waals surface area contributed by atoms with E-state index < -0.39 is 34.5 Å². The number of aromatic nitrogens is 1. The first-order chi connectivity index (χ1) is 11.1. The van der Waals surface area contributed by atoms with Crippen molar-refractivity contribution >= 4 is 23.7 Å². The van der Waals surface area contributed by atoms with Crippen molar-refractivity contribution < 1.29 is 22.8 Å². The van der Waals surface area contributed by atoms with Crippen molar-refractivity contribution in [1.29, 1.82) is 5.26 Å². The van der Waals surface area contributed by atoms with E-state index in [9.17, 15) is 22.8 Å². The van der Waals surface area contributed by atoms with Gasteiger partial charge in [0.2, 0.25) is 5.91 Å². The zero-order valence-corrected chi connectivity index (χ0v) is 13.6. The van der Waals surface area contributed by atoms with Crippen LogP contribution in [0.4, 0.5) is 18.0 Å². The summed E-state index contributed by atoms with van der Waals surface area (Å²) in [5, 5.41) is 10.5. The van der Waals surface area contributed by atoms with Gasteiger partial charge >= 0.3 is 12.2 Å². The minimum absolute atomic E-state index is 0.0855. The largest absolute Gasteiger partial charge is 0.417 e. The molecule has 0 unspecified atom stereocenters. The lowest BCUT2D eigenvalue weighted by Gasteiger charge is -2.18. The van der Waals surface area contributed by atoms with Crippen LogP contribution in [0.15, 0.2) is 11.1 Å². The maximum Gasteiger partial charge on any atom is 0.417 e. The lowest BCUT2D eigenvalue weighted by atomic mass is 10.1. The summed E-state index contributed by atoms with van der Waals surface area (Å²) in [7, 11) is 0. The molecular formula is C14H13F3N4O2S. The second-order valence-electron chi connectivity index (χ2n) is 5.08. The van der Waals surface area contributed by atoms with Gasteiger partial charge < -0.3 is 5.32 Å². The molecule has 1 N–H and O–H groups in total. The van der Waals surface area contributed by atoms with Crippen LogP contribution in [0.3, 0.4) is 0 Å². The lowest BCUT2D eigenvalue weighted by Crippen LogP contribution is -2.39. The third-order valence-electron chi connectivity index (χ3n) is 3.29. The van der Waals surface area contributed by atoms with Crippen LogP contribution < -0.4 is 5.32 Å². The molecule has 0 saturated carbocycles. The molecule has 0 bridgehead atoms. The molecule has 128 valence electrons. The second-order valence-corrected chi connectivity index (χ2v) is 6.41. The van der Waals surface area contributed by atoms with Gasteiger partial charge in [-0.15, -0.1) is 0 Å². The van der Waals surface area contributed by atoms with E-state index in [0.29, 0.717) is 6.54 Å². The van der Waals surface area contributed by atoms with Crippen LogP contribution in [0.1, 0.15) is 23.7 Å². The number of carbonyl (C=O) groups is 2. The molecule has 0 radical (unpaired) electrons. The number of thioether (sulfide) groups is 1. The van der Waals surface area contributed by atoms with Gasteiger partial charge in [0.05, 0.1) is 16.4 Å². The predicted molar refractivity (Wildman–Crippen MR) is 79.1 cm³/mol. The van der Waals surface area contributed by atoms with Gasteiger partial charge in [0.1, 0.15) is 11.1 Å². The number of halogens is 3. The van der Waals surface area contributed by atoms with E-state index in [1.165, 1.54) is 19.9 Å². The quantitative estimate of drug-likeness (QED) is 0.838. The average Bonchev–Trinajstić information content (AvgIpc) is 2.91. The molecule has 0 spiro atoms. The van der Waals surface area contributed by atoms with Crippen LogP contribution in [0.25, 0.3) is 0 Å². The first-order valence-corrected chi connectivity index (χ1v) is 7.78. The zero-order chi connectivity index (χ0) is 18.1. The van der Waals surface area contributed by atoms with Gasteiger partial charge in [0, 0.05) is 18.8 Å². The number of nitrogens with zero attached hydrogens (tertiary/aromatic N) is 3. The summed E-state index contributed by atoms with van der Waals surface area (Å²) in [4.78, 5) is 28.7. The summed E-state index contributed by atoms with van der Waals surface area (Å²) >= 11 is 0.731. The molecule has 0 aromatic carbocycles. The minimum Gasteiger partial charge on any atom is -0.336 e. The fraction of sp³-hybridized carbons (Fsp3) is 0.429. The van der Waals surface area contributed by atoms with Gasteiger partial charge in [-0.25, -0.2) is 9.78 Å². The Kier molecular flexibility index (Phi) is 5.03. The van der Waals surface area contributed by atoms with Gasteiger partial charge in [-0.3, -0.25) is 9.69 Å². The van der Waals surface area contributed by atoms with E-state index in [4.69, 9.17) is 5.26 Å². The number of amides is 3. The Labute approximate surface area is 140 Å². The van der Waals surface area contributed by atoms with Crippen molar-refractivity contribution in [1.82, 2.24) is 15.2 Å². The highest BCUT2D eigenvalue weighted by atomic mass is 32.2. The van der Waals surface area contributed by atoms with Crippen LogP contribution >= 0.6 is 11.8 Å². The van der Waals surface area contributed by atoms with Crippen molar-refractivity contribution in [3.63, 3.8) is 0 Å². The van der Waals surface area contributed by atoms with Crippen LogP contribution in [0.5, 0.6) is 0 Å². The second kappa shape index (κ2) is 6.68. The van der Waals surface area contributed by atoms with Gasteiger partial charge in [0.15, 0.2) is 0 Å². The number of alkyl halides is 3. The molecule has 1 saturated heterocycles. The fourth-order valence-corrected chi connectivity index (χ4v) is 3.21. The molecule has 2 heterocycles. The van der Waals surface area contributed by atoms with Crippen molar-refractivity contribution in [3.05, 3.63) is 22.9 Å². The first-order valence-electron chi connectivity index (χ1n) is 6.90. The summed E-state index contributed by atoms with van der Waals surface area (Å²) in [5.74, 6) is -0.546. The molecule has 1 aliphatic rings. The number of pyridine rings is 1. The van der Waals surface area contributed by atoms with Crippen LogP contribution in [-0.2, 0) is 11.0 Å². The Morgan fingerprint density at radius 3 is 2.71 bits per heavy atom. The highest BCUT2D eigenvalue weighted by Crippen LogP contribution is 2.37. The topological polar surface area (TPSA) is 86.1 Å². The molecule has 1 atom stereocenters. The molecule has 24 heavy (non-hydrogen) atoms. The Hall–Kier alpha value is -2.28. The van der Waals surface area contributed by atoms with E-state index in [1.54, 1.807) is 0 Å². The Morgan fingerprint density at radius 2 is 2.21 bits per heavy atom. The Morgan fingerprint density at radius 1 is 1.54 bits per heavy atom. The first kappa shape index (κ1) is 18.1. The lowest BCUT2D eigenvalue weighted by molar-refractivity contribution is -0.138. The normalized spacial score (nSPS) is 15.8. The molecule has 1 aliphatic heterocycles. The van der Waals surface area contributed by atoms with Crippen LogP contribution in [0.2, 0.25) is 0 Å². The number of rotatable bonds is 3. The third-order valence-corrected chi connectivity index (χ3v) is 4.36. The molecule has 6 nitrogen and oxygen atoms in total. The van der Waals surface area contributed by atoms with Crippen molar-refractivity contribution in [3.8, 4) is 6.07 Å². The SMILES string of the molecule is Cc1cc(C(F)(F)F)c(C#N)c(S[C@H](C)C(=O)N2CCNC2=O)n1. The van der Waals surface area contributed by atoms with Crippen LogP contribution in [-0.4, -0.2) is 40.2 Å². The van der Waals surface area contributed by atoms with Crippen molar-refractivity contribution in [2.75, 3.05) is 13.1 Å². The fourth-order valence-electron chi connectivity index (χ4n) is 2.18. The molecule has 1 aromatic heterocycles. The predicted octanol–water partition coefficient (Wildman–Crippen LogP) is 2.31. The van der Waals surface area contributed by atoms with Crippen molar-refractivity contribution in [2.45, 2.75) is 30.3 Å². The molecule has 3 amide bonds. The zero-order valence-electron chi connectivity index (χ0n) is 12.8. The highest BCUT2D eigenvalue weighted by molar-refractivity contribution is 8.00. The van der Waals surface area contributed by atoms with E-state index in [1.807, 2.05) is 0 Å². The number of hydrogen-bond donors (Lipinski definition) is 1. The monoisotopic (exact) mass is 358 g/mol. The standard InChI is InChI=1S/C14H13F3N4O2S/c1-7-5-10(14(15,16)17)9(6-18)11(20-7)24-8(2)12(22)21-4-3-19-13(21)23/h5,8H,3-4H2,1-2H3,(H,19,23)/t8-/m1/s1. The van der Waals surface area contributed by atoms with Crippen molar-refractivity contribution in [2.24, 2.45) is 0 Å². The average molecular weight is 358 g/mol. The molecule has 1 aromatic rings. The molecule has 2 rings (SSSR count). The summed E-state index contributed by atoms with van der Waals surface area (Å²) in [6.45, 7) is 3.35. The Bertz CT molecular complexity index is 730. The molecule has 0 aliphatic carbocycles. The third kappa shape index (κ3) is 3.62. The van der Waals surface area contributed by atoms with E-state index >= 15 is 0 Å². The number of urea groups is 1. The van der Waals surface area contributed by atoms with Gasteiger partial charge in [-0.05, 0) is 19.9 Å². The maximum atomic E-state index is 13.1. The molecular weight excluding hydrogens is 345 g/mol. The highest BCUT2D eigenvalue weighted by Gasteiger charge is 2.37. The number of hydrogen-bond acceptors (Lipinski definition) is 5. The van der Waals surface area contributed by atoms with E-state index in [0.717, 1.165) is 22.7 Å². The number of imide groups is 1. The van der Waals surface area contributed by atoms with Gasteiger partial charge in [-0.2, -0.15) is 18.4 Å².